The Kier molecular flexibility index (Phi) is 5.96. The molecule has 0 bridgehead atoms. The van der Waals surface area contributed by atoms with E-state index >= 15 is 0 Å². The maximum Gasteiger partial charge on any atom is 0.303 e. The van der Waals surface area contributed by atoms with Crippen LogP contribution in [-0.2, 0) is 22.2 Å². The van der Waals surface area contributed by atoms with Crippen LogP contribution in [0.5, 0.6) is 0 Å². The molecule has 0 radical (unpaired) electrons. The molecular weight excluding hydrogens is 398 g/mol. The second-order valence-electron chi connectivity index (χ2n) is 6.55. The summed E-state index contributed by atoms with van der Waals surface area (Å²) in [5.74, 6) is -3.69. The lowest BCUT2D eigenvalue weighted by Crippen LogP contribution is -2.14. The van der Waals surface area contributed by atoms with Crippen LogP contribution in [0, 0.1) is 6.92 Å². The lowest BCUT2D eigenvalue weighted by atomic mass is 10.1. The quantitative estimate of drug-likeness (QED) is 0.601. The van der Waals surface area contributed by atoms with Gasteiger partial charge in [-0.05, 0) is 6.92 Å². The molecule has 12 heteroatoms. The van der Waals surface area contributed by atoms with E-state index in [1.54, 1.807) is 13.0 Å². The van der Waals surface area contributed by atoms with Crippen LogP contribution in [0.15, 0.2) is 24.5 Å². The van der Waals surface area contributed by atoms with Gasteiger partial charge < -0.3 is 15.4 Å². The Balaban J connectivity index is 2.04. The molecule has 0 aliphatic rings. The van der Waals surface area contributed by atoms with Crippen LogP contribution in [0.2, 0.25) is 0 Å². The number of pyridine rings is 1. The van der Waals surface area contributed by atoms with Crippen molar-refractivity contribution in [2.45, 2.75) is 33.4 Å². The van der Waals surface area contributed by atoms with Gasteiger partial charge in [0.15, 0.2) is 6.73 Å². The fraction of sp³-hybridized carbons (Fsp3) is 0.333. The van der Waals surface area contributed by atoms with Crippen LogP contribution in [0.3, 0.4) is 0 Å². The first-order valence-electron chi connectivity index (χ1n) is 8.84. The highest BCUT2D eigenvalue weighted by molar-refractivity contribution is 5.89. The fourth-order valence-electron chi connectivity index (χ4n) is 2.58. The number of ether oxygens (including phenoxy) is 1. The maximum atomic E-state index is 13.7. The average molecular weight is 418 g/mol. The molecular formula is C18H20F2N8O2. The van der Waals surface area contributed by atoms with Gasteiger partial charge in [0.1, 0.15) is 17.3 Å². The molecule has 0 fully saturated rings. The van der Waals surface area contributed by atoms with E-state index in [9.17, 15) is 13.6 Å². The molecule has 3 aromatic rings. The molecule has 30 heavy (non-hydrogen) atoms. The molecule has 0 saturated heterocycles. The number of methoxy groups -OCH3 is 1. The topological polar surface area (TPSA) is 120 Å². The first kappa shape index (κ1) is 21.2. The molecule has 0 saturated carbocycles. The van der Waals surface area contributed by atoms with Crippen molar-refractivity contribution in [3.05, 3.63) is 36.0 Å². The van der Waals surface area contributed by atoms with Gasteiger partial charge in [0.05, 0.1) is 11.9 Å². The lowest BCUT2D eigenvalue weighted by Gasteiger charge is -2.15. The highest BCUT2D eigenvalue weighted by Gasteiger charge is 2.29. The Bertz CT molecular complexity index is 1060. The minimum atomic E-state index is -3.20. The van der Waals surface area contributed by atoms with E-state index in [2.05, 4.69) is 35.8 Å². The molecule has 0 unspecified atom stereocenters. The predicted octanol–water partition coefficient (Wildman–Crippen LogP) is 2.86. The minimum Gasteiger partial charge on any atom is -0.361 e. The third kappa shape index (κ3) is 5.08. The zero-order chi connectivity index (χ0) is 21.9. The van der Waals surface area contributed by atoms with Gasteiger partial charge in [-0.15, -0.1) is 0 Å². The number of amides is 1. The monoisotopic (exact) mass is 418 g/mol. The fourth-order valence-corrected chi connectivity index (χ4v) is 2.58. The number of alkyl halides is 2. The number of nitrogens with zero attached hydrogens (tertiary/aromatic N) is 6. The van der Waals surface area contributed by atoms with Crippen molar-refractivity contribution in [1.29, 1.82) is 0 Å². The number of carbonyl (C=O) groups is 1. The third-order valence-corrected chi connectivity index (χ3v) is 3.77. The Hall–Kier alpha value is -3.54. The number of hydrogen-bond donors (Lipinski definition) is 2. The summed E-state index contributed by atoms with van der Waals surface area (Å²) in [7, 11) is 1.51. The Morgan fingerprint density at radius 2 is 2.00 bits per heavy atom. The van der Waals surface area contributed by atoms with Gasteiger partial charge in [0.25, 0.3) is 0 Å². The summed E-state index contributed by atoms with van der Waals surface area (Å²) in [4.78, 5) is 24.6. The highest BCUT2D eigenvalue weighted by Crippen LogP contribution is 2.31. The number of hydrogen-bond acceptors (Lipinski definition) is 8. The van der Waals surface area contributed by atoms with Gasteiger partial charge in [-0.25, -0.2) is 15.0 Å². The highest BCUT2D eigenvalue weighted by atomic mass is 19.3. The number of halogens is 2. The van der Waals surface area contributed by atoms with Gasteiger partial charge in [-0.3, -0.25) is 4.79 Å². The maximum absolute atomic E-state index is 13.7. The Morgan fingerprint density at radius 3 is 2.67 bits per heavy atom. The molecule has 3 rings (SSSR count). The van der Waals surface area contributed by atoms with Crippen molar-refractivity contribution in [3.63, 3.8) is 0 Å². The van der Waals surface area contributed by atoms with E-state index in [4.69, 9.17) is 4.74 Å². The molecule has 0 aromatic carbocycles. The Morgan fingerprint density at radius 1 is 1.23 bits per heavy atom. The first-order valence-corrected chi connectivity index (χ1v) is 8.84. The third-order valence-electron chi connectivity index (χ3n) is 3.77. The number of rotatable bonds is 7. The standard InChI is InChI=1S/C18H20F2N8O2/c1-10-5-16(26-17(23-10)18(3,19)20)25-13-6-15(24-11(2)29)21-7-12(13)14-8-22-28(27-14)9-30-4/h5-8H,9H2,1-4H3,(H2,21,23,24,25,26,29). The summed E-state index contributed by atoms with van der Waals surface area (Å²) >= 11 is 0. The number of aryl methyl sites for hydroxylation is 1. The molecule has 3 heterocycles. The van der Waals surface area contributed by atoms with Crippen LogP contribution in [0.1, 0.15) is 25.4 Å². The number of aromatic nitrogens is 6. The molecule has 0 aliphatic heterocycles. The zero-order valence-corrected chi connectivity index (χ0v) is 16.8. The van der Waals surface area contributed by atoms with E-state index in [0.29, 0.717) is 22.6 Å². The number of nitrogens with one attached hydrogen (secondary N) is 2. The second kappa shape index (κ2) is 8.45. The molecule has 158 valence electrons. The van der Waals surface area contributed by atoms with Gasteiger partial charge in [0, 0.05) is 50.5 Å². The van der Waals surface area contributed by atoms with E-state index in [1.165, 1.54) is 37.3 Å². The van der Waals surface area contributed by atoms with Crippen molar-refractivity contribution < 1.29 is 18.3 Å². The van der Waals surface area contributed by atoms with Gasteiger partial charge in [-0.1, -0.05) is 0 Å². The summed E-state index contributed by atoms with van der Waals surface area (Å²) in [6.07, 6.45) is 2.99. The summed E-state index contributed by atoms with van der Waals surface area (Å²) in [6.45, 7) is 3.82. The van der Waals surface area contributed by atoms with Crippen molar-refractivity contribution in [2.75, 3.05) is 17.7 Å². The van der Waals surface area contributed by atoms with Crippen LogP contribution in [-0.4, -0.2) is 43.0 Å². The average Bonchev–Trinajstić information content (AvgIpc) is 3.09. The van der Waals surface area contributed by atoms with Crippen LogP contribution >= 0.6 is 0 Å². The molecule has 10 nitrogen and oxygen atoms in total. The lowest BCUT2D eigenvalue weighted by molar-refractivity contribution is -0.114. The predicted molar refractivity (Wildman–Crippen MR) is 104 cm³/mol. The SMILES string of the molecule is COCn1ncc(-c2cnc(NC(C)=O)cc2Nc2cc(C)nc(C(C)(F)F)n2)n1. The van der Waals surface area contributed by atoms with Crippen molar-refractivity contribution in [3.8, 4) is 11.3 Å². The Labute approximate surface area is 170 Å². The minimum absolute atomic E-state index is 0.153. The van der Waals surface area contributed by atoms with Crippen LogP contribution in [0.25, 0.3) is 11.3 Å². The summed E-state index contributed by atoms with van der Waals surface area (Å²) in [6, 6.07) is 3.08. The van der Waals surface area contributed by atoms with E-state index in [0.717, 1.165) is 6.92 Å². The molecule has 0 aliphatic carbocycles. The number of carbonyl (C=O) groups excluding carboxylic acids is 1. The molecule has 0 atom stereocenters. The summed E-state index contributed by atoms with van der Waals surface area (Å²) in [5.41, 5.74) is 1.78. The second-order valence-corrected chi connectivity index (χ2v) is 6.55. The van der Waals surface area contributed by atoms with Gasteiger partial charge in [0.2, 0.25) is 11.7 Å². The first-order chi connectivity index (χ1) is 14.2. The molecule has 3 aromatic heterocycles. The van der Waals surface area contributed by atoms with E-state index in [1.807, 2.05) is 0 Å². The summed E-state index contributed by atoms with van der Waals surface area (Å²) in [5, 5.41) is 14.0. The van der Waals surface area contributed by atoms with Crippen LogP contribution < -0.4 is 10.6 Å². The smallest absolute Gasteiger partial charge is 0.303 e. The largest absolute Gasteiger partial charge is 0.361 e. The molecule has 2 N–H and O–H groups in total. The van der Waals surface area contributed by atoms with Crippen molar-refractivity contribution in [1.82, 2.24) is 29.9 Å². The van der Waals surface area contributed by atoms with E-state index < -0.39 is 11.7 Å². The number of anilines is 3. The molecule has 0 spiro atoms. The van der Waals surface area contributed by atoms with Gasteiger partial charge >= 0.3 is 5.92 Å². The molecule has 1 amide bonds. The van der Waals surface area contributed by atoms with Crippen molar-refractivity contribution >= 4 is 23.2 Å². The summed E-state index contributed by atoms with van der Waals surface area (Å²) < 4.78 is 32.5. The van der Waals surface area contributed by atoms with Crippen molar-refractivity contribution in [2.24, 2.45) is 0 Å². The zero-order valence-electron chi connectivity index (χ0n) is 16.8. The van der Waals surface area contributed by atoms with Crippen LogP contribution in [0.4, 0.5) is 26.1 Å². The van der Waals surface area contributed by atoms with Gasteiger partial charge in [-0.2, -0.15) is 23.8 Å². The van der Waals surface area contributed by atoms with E-state index in [-0.39, 0.29) is 24.3 Å². The normalized spacial score (nSPS) is 11.4.